The lowest BCUT2D eigenvalue weighted by atomic mass is 10.1. The summed E-state index contributed by atoms with van der Waals surface area (Å²) >= 11 is 1.43. The van der Waals surface area contributed by atoms with E-state index in [1.807, 2.05) is 19.1 Å². The van der Waals surface area contributed by atoms with Crippen molar-refractivity contribution in [3.8, 4) is 0 Å². The summed E-state index contributed by atoms with van der Waals surface area (Å²) in [5.41, 5.74) is 1.77. The molecular weight excluding hydrogens is 410 g/mol. The van der Waals surface area contributed by atoms with Gasteiger partial charge in [0.05, 0.1) is 17.1 Å². The van der Waals surface area contributed by atoms with E-state index in [1.54, 1.807) is 30.3 Å². The number of nitrogens with one attached hydrogen (secondary N) is 1. The van der Waals surface area contributed by atoms with E-state index < -0.39 is 15.5 Å². The molecular formula is C21H19NO5S2. The van der Waals surface area contributed by atoms with Gasteiger partial charge in [0, 0.05) is 33.4 Å². The third-order valence-corrected chi connectivity index (χ3v) is 8.15. The molecule has 1 aromatic heterocycles. The maximum atomic E-state index is 12.9. The first-order valence-electron chi connectivity index (χ1n) is 9.13. The summed E-state index contributed by atoms with van der Waals surface area (Å²) in [6.45, 7) is 1.83. The summed E-state index contributed by atoms with van der Waals surface area (Å²) < 4.78 is 28.7. The Morgan fingerprint density at radius 1 is 1.17 bits per heavy atom. The predicted octanol–water partition coefficient (Wildman–Crippen LogP) is 3.63. The highest BCUT2D eigenvalue weighted by Crippen LogP contribution is 2.33. The van der Waals surface area contributed by atoms with Crippen molar-refractivity contribution in [2.75, 3.05) is 16.8 Å². The Balaban J connectivity index is 1.58. The van der Waals surface area contributed by atoms with Crippen LogP contribution < -0.4 is 10.9 Å². The van der Waals surface area contributed by atoms with Crippen molar-refractivity contribution in [3.05, 3.63) is 70.1 Å². The van der Waals surface area contributed by atoms with Crippen LogP contribution >= 0.6 is 11.8 Å². The Hall–Kier alpha value is -2.58. The molecule has 0 saturated carbocycles. The molecule has 0 bridgehead atoms. The van der Waals surface area contributed by atoms with Crippen molar-refractivity contribution in [3.63, 3.8) is 0 Å². The van der Waals surface area contributed by atoms with E-state index in [0.29, 0.717) is 23.3 Å². The highest BCUT2D eigenvalue weighted by Gasteiger charge is 2.29. The molecule has 2 heterocycles. The first kappa shape index (κ1) is 19.7. The molecule has 1 N–H and O–H groups in total. The first-order valence-corrected chi connectivity index (χ1v) is 11.8. The Morgan fingerprint density at radius 3 is 2.72 bits per heavy atom. The van der Waals surface area contributed by atoms with Crippen LogP contribution in [0.3, 0.4) is 0 Å². The second kappa shape index (κ2) is 7.68. The van der Waals surface area contributed by atoms with E-state index >= 15 is 0 Å². The second-order valence-electron chi connectivity index (χ2n) is 7.05. The number of anilines is 1. The Bertz CT molecular complexity index is 1260. The average Bonchev–Trinajstić information content (AvgIpc) is 3.00. The van der Waals surface area contributed by atoms with Gasteiger partial charge in [0.15, 0.2) is 9.84 Å². The minimum absolute atomic E-state index is 0.0492. The van der Waals surface area contributed by atoms with Crippen LogP contribution in [-0.4, -0.2) is 31.1 Å². The van der Waals surface area contributed by atoms with Crippen molar-refractivity contribution in [2.24, 2.45) is 0 Å². The average molecular weight is 430 g/mol. The number of hydrogen-bond donors (Lipinski definition) is 1. The number of amides is 1. The van der Waals surface area contributed by atoms with E-state index in [-0.39, 0.29) is 22.7 Å². The topological polar surface area (TPSA) is 93.4 Å². The molecule has 0 radical (unpaired) electrons. The number of rotatable bonds is 4. The van der Waals surface area contributed by atoms with Crippen LogP contribution in [-0.2, 0) is 9.84 Å². The fraction of sp³-hybridized carbons (Fsp3) is 0.238. The maximum absolute atomic E-state index is 12.9. The van der Waals surface area contributed by atoms with Gasteiger partial charge in [0.2, 0.25) is 0 Å². The third-order valence-electron chi connectivity index (χ3n) is 4.83. The van der Waals surface area contributed by atoms with Crippen LogP contribution in [0.25, 0.3) is 11.0 Å². The lowest BCUT2D eigenvalue weighted by molar-refractivity contribution is 0.102. The third kappa shape index (κ3) is 4.38. The Morgan fingerprint density at radius 2 is 1.97 bits per heavy atom. The molecule has 6 nitrogen and oxygen atoms in total. The number of carbonyl (C=O) groups is 1. The van der Waals surface area contributed by atoms with Gasteiger partial charge < -0.3 is 9.73 Å². The van der Waals surface area contributed by atoms with Gasteiger partial charge in [-0.2, -0.15) is 0 Å². The highest BCUT2D eigenvalue weighted by atomic mass is 32.2. The molecule has 1 atom stereocenters. The van der Waals surface area contributed by atoms with Crippen molar-refractivity contribution in [1.82, 2.24) is 0 Å². The standard InChI is InChI=1S/C21H19NO5S2/c1-13-10-20(23)27-18-11-14(6-7-16(13)18)22-21(24)17-4-2-3-5-19(17)28-15-8-9-29(25,26)12-15/h2-7,10-11,15H,8-9,12H2,1H3,(H,22,24). The summed E-state index contributed by atoms with van der Waals surface area (Å²) in [7, 11) is -2.98. The van der Waals surface area contributed by atoms with E-state index in [4.69, 9.17) is 4.42 Å². The molecule has 1 fully saturated rings. The number of sulfone groups is 1. The van der Waals surface area contributed by atoms with Gasteiger partial charge in [-0.15, -0.1) is 11.8 Å². The maximum Gasteiger partial charge on any atom is 0.336 e. The number of carbonyl (C=O) groups excluding carboxylic acids is 1. The number of aryl methyl sites for hydroxylation is 1. The van der Waals surface area contributed by atoms with E-state index in [2.05, 4.69) is 5.32 Å². The SMILES string of the molecule is Cc1cc(=O)oc2cc(NC(=O)c3ccccc3SC3CCS(=O)(=O)C3)ccc12. The van der Waals surface area contributed by atoms with Gasteiger partial charge in [-0.05, 0) is 43.2 Å². The van der Waals surface area contributed by atoms with Crippen molar-refractivity contribution < 1.29 is 17.6 Å². The molecule has 3 aromatic rings. The van der Waals surface area contributed by atoms with Crippen LogP contribution in [0.4, 0.5) is 5.69 Å². The largest absolute Gasteiger partial charge is 0.423 e. The molecule has 1 aliphatic heterocycles. The zero-order chi connectivity index (χ0) is 20.6. The van der Waals surface area contributed by atoms with Gasteiger partial charge in [0.1, 0.15) is 5.58 Å². The smallest absolute Gasteiger partial charge is 0.336 e. The lowest BCUT2D eigenvalue weighted by Crippen LogP contribution is -2.14. The summed E-state index contributed by atoms with van der Waals surface area (Å²) in [5, 5.41) is 3.60. The number of benzene rings is 2. The zero-order valence-corrected chi connectivity index (χ0v) is 17.3. The van der Waals surface area contributed by atoms with Gasteiger partial charge >= 0.3 is 5.63 Å². The van der Waals surface area contributed by atoms with Gasteiger partial charge in [0.25, 0.3) is 5.91 Å². The quantitative estimate of drug-likeness (QED) is 0.637. The molecule has 2 aromatic carbocycles. The molecule has 150 valence electrons. The molecule has 1 aliphatic rings. The summed E-state index contributed by atoms with van der Waals surface area (Å²) in [5.74, 6) is 0.0283. The first-order chi connectivity index (χ1) is 13.8. The van der Waals surface area contributed by atoms with Crippen LogP contribution in [0.2, 0.25) is 0 Å². The van der Waals surface area contributed by atoms with Gasteiger partial charge in [-0.3, -0.25) is 4.79 Å². The predicted molar refractivity (Wildman–Crippen MR) is 115 cm³/mol. The minimum atomic E-state index is -2.98. The summed E-state index contributed by atoms with van der Waals surface area (Å²) in [6.07, 6.45) is 0.589. The minimum Gasteiger partial charge on any atom is -0.423 e. The van der Waals surface area contributed by atoms with E-state index in [1.165, 1.54) is 17.8 Å². The van der Waals surface area contributed by atoms with Crippen molar-refractivity contribution >= 4 is 44.2 Å². The van der Waals surface area contributed by atoms with E-state index in [0.717, 1.165) is 15.8 Å². The lowest BCUT2D eigenvalue weighted by Gasteiger charge is -2.13. The molecule has 1 saturated heterocycles. The molecule has 1 amide bonds. The van der Waals surface area contributed by atoms with Gasteiger partial charge in [-0.1, -0.05) is 12.1 Å². The van der Waals surface area contributed by atoms with Crippen LogP contribution in [0.15, 0.2) is 62.6 Å². The molecule has 0 spiro atoms. The zero-order valence-electron chi connectivity index (χ0n) is 15.7. The molecule has 1 unspecified atom stereocenters. The number of thioether (sulfide) groups is 1. The second-order valence-corrected chi connectivity index (χ2v) is 10.6. The van der Waals surface area contributed by atoms with Crippen molar-refractivity contribution in [2.45, 2.75) is 23.5 Å². The van der Waals surface area contributed by atoms with Crippen LogP contribution in [0.1, 0.15) is 22.3 Å². The molecule has 4 rings (SSSR count). The molecule has 0 aliphatic carbocycles. The monoisotopic (exact) mass is 429 g/mol. The Kier molecular flexibility index (Phi) is 5.23. The fourth-order valence-electron chi connectivity index (χ4n) is 3.39. The normalized spacial score (nSPS) is 18.0. The molecule has 8 heteroatoms. The summed E-state index contributed by atoms with van der Waals surface area (Å²) in [4.78, 5) is 25.2. The highest BCUT2D eigenvalue weighted by molar-refractivity contribution is 8.02. The van der Waals surface area contributed by atoms with E-state index in [9.17, 15) is 18.0 Å². The van der Waals surface area contributed by atoms with Gasteiger partial charge in [-0.25, -0.2) is 13.2 Å². The Labute approximate surface area is 172 Å². The molecule has 29 heavy (non-hydrogen) atoms. The number of hydrogen-bond acceptors (Lipinski definition) is 6. The van der Waals surface area contributed by atoms with Crippen LogP contribution in [0, 0.1) is 6.92 Å². The number of fused-ring (bicyclic) bond motifs is 1. The van der Waals surface area contributed by atoms with Crippen LogP contribution in [0.5, 0.6) is 0 Å². The fourth-order valence-corrected chi connectivity index (χ4v) is 7.02. The summed E-state index contributed by atoms with van der Waals surface area (Å²) in [6, 6.07) is 13.8. The van der Waals surface area contributed by atoms with Crippen molar-refractivity contribution in [1.29, 1.82) is 0 Å².